The third-order valence-corrected chi connectivity index (χ3v) is 2.48. The van der Waals surface area contributed by atoms with Gasteiger partial charge in [0, 0.05) is 19.2 Å². The third-order valence-electron chi connectivity index (χ3n) is 2.48. The Bertz CT molecular complexity index is 488. The Labute approximate surface area is 117 Å². The number of hydrogen-bond donors (Lipinski definition) is 2. The molecule has 0 aromatic carbocycles. The maximum absolute atomic E-state index is 12.0. The van der Waals surface area contributed by atoms with E-state index in [0.29, 0.717) is 5.75 Å². The largest absolute Gasteiger partial charge is 0.487 e. The molecule has 0 bridgehead atoms. The van der Waals surface area contributed by atoms with Crippen LogP contribution in [0, 0.1) is 5.92 Å². The van der Waals surface area contributed by atoms with Crippen LogP contribution in [0.15, 0.2) is 31.0 Å². The fraction of sp³-hybridized carbons (Fsp3) is 0.357. The fourth-order valence-electron chi connectivity index (χ4n) is 1.55. The van der Waals surface area contributed by atoms with Crippen LogP contribution in [0.25, 0.3) is 0 Å². The van der Waals surface area contributed by atoms with Crippen LogP contribution in [-0.2, 0) is 4.79 Å². The Morgan fingerprint density at radius 3 is 3.00 bits per heavy atom. The van der Waals surface area contributed by atoms with Crippen molar-refractivity contribution in [1.29, 1.82) is 0 Å². The van der Waals surface area contributed by atoms with E-state index < -0.39 is 5.97 Å². The van der Waals surface area contributed by atoms with Crippen LogP contribution in [0.5, 0.6) is 5.75 Å². The normalized spacial score (nSPS) is 11.4. The van der Waals surface area contributed by atoms with E-state index in [1.54, 1.807) is 25.1 Å². The van der Waals surface area contributed by atoms with Gasteiger partial charge in [-0.25, -0.2) is 4.98 Å². The number of nitrogens with one attached hydrogen (secondary N) is 1. The Morgan fingerprint density at radius 2 is 2.35 bits per heavy atom. The van der Waals surface area contributed by atoms with Crippen molar-refractivity contribution in [3.63, 3.8) is 0 Å². The van der Waals surface area contributed by atoms with Gasteiger partial charge in [0.1, 0.15) is 6.61 Å². The van der Waals surface area contributed by atoms with Crippen LogP contribution in [0.3, 0.4) is 0 Å². The zero-order valence-corrected chi connectivity index (χ0v) is 11.3. The van der Waals surface area contributed by atoms with Gasteiger partial charge >= 0.3 is 5.97 Å². The van der Waals surface area contributed by atoms with Gasteiger partial charge < -0.3 is 15.2 Å². The molecule has 2 N–H and O–H groups in total. The summed E-state index contributed by atoms with van der Waals surface area (Å²) in [6.07, 6.45) is 3.07. The molecule has 1 atom stereocenters. The molecule has 1 rings (SSSR count). The lowest BCUT2D eigenvalue weighted by molar-refractivity contribution is -0.137. The number of rotatable bonds is 8. The minimum Gasteiger partial charge on any atom is -0.487 e. The molecule has 0 saturated carbocycles. The third kappa shape index (κ3) is 5.09. The van der Waals surface area contributed by atoms with Gasteiger partial charge in [0.2, 0.25) is 0 Å². The van der Waals surface area contributed by atoms with Crippen LogP contribution in [-0.4, -0.2) is 35.1 Å². The molecule has 0 radical (unpaired) electrons. The minimum atomic E-state index is -0.889. The van der Waals surface area contributed by atoms with Gasteiger partial charge in [-0.3, -0.25) is 9.59 Å². The smallest absolute Gasteiger partial charge is 0.303 e. The highest BCUT2D eigenvalue weighted by molar-refractivity contribution is 5.94. The summed E-state index contributed by atoms with van der Waals surface area (Å²) in [6.45, 7) is 5.83. The molecular weight excluding hydrogens is 260 g/mol. The number of hydrogen-bond acceptors (Lipinski definition) is 4. The molecule has 1 amide bonds. The minimum absolute atomic E-state index is 0.00230. The van der Waals surface area contributed by atoms with Crippen LogP contribution in [0.1, 0.15) is 23.8 Å². The van der Waals surface area contributed by atoms with Gasteiger partial charge in [-0.1, -0.05) is 19.6 Å². The molecule has 0 saturated heterocycles. The first kappa shape index (κ1) is 15.7. The predicted molar refractivity (Wildman–Crippen MR) is 73.7 cm³/mol. The molecule has 0 fully saturated rings. The summed E-state index contributed by atoms with van der Waals surface area (Å²) in [4.78, 5) is 26.5. The molecule has 0 aliphatic heterocycles. The van der Waals surface area contributed by atoms with E-state index in [1.165, 1.54) is 6.20 Å². The number of carbonyl (C=O) groups excluding carboxylic acids is 1. The lowest BCUT2D eigenvalue weighted by Gasteiger charge is -2.12. The molecule has 1 aromatic rings. The molecule has 1 unspecified atom stereocenters. The first-order valence-electron chi connectivity index (χ1n) is 6.23. The highest BCUT2D eigenvalue weighted by atomic mass is 16.5. The quantitative estimate of drug-likeness (QED) is 0.703. The van der Waals surface area contributed by atoms with Crippen molar-refractivity contribution in [3.8, 4) is 5.75 Å². The van der Waals surface area contributed by atoms with Gasteiger partial charge in [-0.2, -0.15) is 0 Å². The van der Waals surface area contributed by atoms with Crippen molar-refractivity contribution in [1.82, 2.24) is 10.3 Å². The molecule has 108 valence electrons. The van der Waals surface area contributed by atoms with E-state index in [2.05, 4.69) is 16.9 Å². The Morgan fingerprint density at radius 1 is 1.60 bits per heavy atom. The van der Waals surface area contributed by atoms with Crippen molar-refractivity contribution in [2.45, 2.75) is 13.3 Å². The molecule has 1 aromatic heterocycles. The Hall–Kier alpha value is -2.37. The number of carbonyl (C=O) groups is 2. The predicted octanol–water partition coefficient (Wildman–Crippen LogP) is 1.49. The average molecular weight is 278 g/mol. The summed E-state index contributed by atoms with van der Waals surface area (Å²) in [5.41, 5.74) is 0.178. The second kappa shape index (κ2) is 7.93. The number of aromatic nitrogens is 1. The second-order valence-corrected chi connectivity index (χ2v) is 4.36. The highest BCUT2D eigenvalue weighted by Gasteiger charge is 2.15. The fourth-order valence-corrected chi connectivity index (χ4v) is 1.55. The van der Waals surface area contributed by atoms with Gasteiger partial charge in [0.05, 0.1) is 0 Å². The standard InChI is InChI=1S/C14H18N2O4/c1-3-7-20-11-5-4-6-15-13(11)14(19)16-9-10(2)8-12(17)18/h3-6,10H,1,7-9H2,2H3,(H,16,19)(H,17,18). The topological polar surface area (TPSA) is 88.5 Å². The monoisotopic (exact) mass is 278 g/mol. The summed E-state index contributed by atoms with van der Waals surface area (Å²) in [6, 6.07) is 3.31. The van der Waals surface area contributed by atoms with E-state index in [1.807, 2.05) is 0 Å². The van der Waals surface area contributed by atoms with Crippen molar-refractivity contribution in [3.05, 3.63) is 36.7 Å². The van der Waals surface area contributed by atoms with Crippen molar-refractivity contribution < 1.29 is 19.4 Å². The summed E-state index contributed by atoms with van der Waals surface area (Å²) < 4.78 is 5.34. The first-order valence-corrected chi connectivity index (χ1v) is 6.23. The molecule has 20 heavy (non-hydrogen) atoms. The van der Waals surface area contributed by atoms with Crippen molar-refractivity contribution in [2.24, 2.45) is 5.92 Å². The van der Waals surface area contributed by atoms with E-state index in [-0.39, 0.29) is 37.1 Å². The average Bonchev–Trinajstić information content (AvgIpc) is 2.42. The zero-order valence-electron chi connectivity index (χ0n) is 11.3. The van der Waals surface area contributed by atoms with Gasteiger partial charge in [-0.05, 0) is 18.1 Å². The van der Waals surface area contributed by atoms with E-state index in [9.17, 15) is 9.59 Å². The number of carboxylic acids is 1. The summed E-state index contributed by atoms with van der Waals surface area (Å²) in [7, 11) is 0. The zero-order chi connectivity index (χ0) is 15.0. The molecule has 6 heteroatoms. The molecule has 6 nitrogen and oxygen atoms in total. The van der Waals surface area contributed by atoms with Crippen molar-refractivity contribution >= 4 is 11.9 Å². The first-order chi connectivity index (χ1) is 9.54. The molecule has 0 spiro atoms. The highest BCUT2D eigenvalue weighted by Crippen LogP contribution is 2.15. The SMILES string of the molecule is C=CCOc1cccnc1C(=O)NCC(C)CC(=O)O. The number of ether oxygens (including phenoxy) is 1. The van der Waals surface area contributed by atoms with E-state index in [0.717, 1.165) is 0 Å². The van der Waals surface area contributed by atoms with Gasteiger partial charge in [0.25, 0.3) is 5.91 Å². The lowest BCUT2D eigenvalue weighted by Crippen LogP contribution is -2.30. The molecule has 0 aliphatic rings. The molecule has 0 aliphatic carbocycles. The van der Waals surface area contributed by atoms with Crippen LogP contribution >= 0.6 is 0 Å². The lowest BCUT2D eigenvalue weighted by atomic mass is 10.1. The van der Waals surface area contributed by atoms with E-state index in [4.69, 9.17) is 9.84 Å². The van der Waals surface area contributed by atoms with Crippen LogP contribution in [0.4, 0.5) is 0 Å². The molecular formula is C14H18N2O4. The molecule has 1 heterocycles. The van der Waals surface area contributed by atoms with Gasteiger partial charge in [0.15, 0.2) is 11.4 Å². The number of pyridine rings is 1. The number of aliphatic carboxylic acids is 1. The van der Waals surface area contributed by atoms with Gasteiger partial charge in [-0.15, -0.1) is 0 Å². The van der Waals surface area contributed by atoms with E-state index >= 15 is 0 Å². The number of nitrogens with zero attached hydrogens (tertiary/aromatic N) is 1. The maximum Gasteiger partial charge on any atom is 0.303 e. The van der Waals surface area contributed by atoms with Crippen LogP contribution in [0.2, 0.25) is 0 Å². The Kier molecular flexibility index (Phi) is 6.22. The van der Waals surface area contributed by atoms with Crippen molar-refractivity contribution in [2.75, 3.05) is 13.2 Å². The number of carboxylic acid groups (broad SMARTS) is 1. The number of amides is 1. The summed E-state index contributed by atoms with van der Waals surface area (Å²) in [5.74, 6) is -1.06. The summed E-state index contributed by atoms with van der Waals surface area (Å²) >= 11 is 0. The summed E-state index contributed by atoms with van der Waals surface area (Å²) in [5, 5.41) is 11.3. The maximum atomic E-state index is 12.0. The van der Waals surface area contributed by atoms with Crippen LogP contribution < -0.4 is 10.1 Å². The second-order valence-electron chi connectivity index (χ2n) is 4.36. The Balaban J connectivity index is 2.62.